The van der Waals surface area contributed by atoms with E-state index in [0.29, 0.717) is 37.3 Å². The van der Waals surface area contributed by atoms with Crippen molar-refractivity contribution in [3.05, 3.63) is 11.7 Å². The maximum atomic E-state index is 12.5. The van der Waals surface area contributed by atoms with Gasteiger partial charge in [0.25, 0.3) is 0 Å². The first-order chi connectivity index (χ1) is 11.2. The number of nitrogens with one attached hydrogen (secondary N) is 1. The molecule has 3 saturated heterocycles. The summed E-state index contributed by atoms with van der Waals surface area (Å²) >= 11 is 0. The van der Waals surface area contributed by atoms with Gasteiger partial charge in [-0.3, -0.25) is 0 Å². The van der Waals surface area contributed by atoms with Crippen LogP contribution in [0.1, 0.15) is 31.5 Å². The molecule has 3 fully saturated rings. The highest BCUT2D eigenvalue weighted by atomic mass is 16.5. The molecule has 2 bridgehead atoms. The Morgan fingerprint density at radius 2 is 2.26 bits per heavy atom. The van der Waals surface area contributed by atoms with Gasteiger partial charge < -0.3 is 24.4 Å². The van der Waals surface area contributed by atoms with E-state index in [1.165, 1.54) is 25.9 Å². The van der Waals surface area contributed by atoms with Gasteiger partial charge in [0, 0.05) is 26.2 Å². The number of nitrogens with zero attached hydrogens (tertiary/aromatic N) is 4. The monoisotopic (exact) mass is 323 g/mol. The first-order valence-electron chi connectivity index (χ1n) is 8.27. The summed E-state index contributed by atoms with van der Waals surface area (Å²) in [6.45, 7) is 6.46. The van der Waals surface area contributed by atoms with E-state index in [1.807, 2.05) is 6.92 Å². The quantitative estimate of drug-likeness (QED) is 0.835. The second-order valence-electron chi connectivity index (χ2n) is 6.25. The molecule has 0 radical (unpaired) electrons. The summed E-state index contributed by atoms with van der Waals surface area (Å²) in [7, 11) is 1.58. The summed E-state index contributed by atoms with van der Waals surface area (Å²) in [5, 5.41) is 7.01. The van der Waals surface area contributed by atoms with E-state index in [4.69, 9.17) is 9.26 Å². The van der Waals surface area contributed by atoms with Gasteiger partial charge in [0.1, 0.15) is 13.2 Å². The molecule has 23 heavy (non-hydrogen) atoms. The van der Waals surface area contributed by atoms with Gasteiger partial charge in [0.05, 0.1) is 0 Å². The van der Waals surface area contributed by atoms with Gasteiger partial charge in [-0.15, -0.1) is 0 Å². The van der Waals surface area contributed by atoms with Crippen LogP contribution in [0.2, 0.25) is 0 Å². The molecule has 2 amide bonds. The molecule has 4 heterocycles. The van der Waals surface area contributed by atoms with Gasteiger partial charge in [-0.05, 0) is 38.8 Å². The Morgan fingerprint density at radius 3 is 2.87 bits per heavy atom. The maximum absolute atomic E-state index is 12.5. The van der Waals surface area contributed by atoms with Crippen LogP contribution in [-0.4, -0.2) is 65.3 Å². The zero-order chi connectivity index (χ0) is 16.2. The number of rotatable bonds is 6. The van der Waals surface area contributed by atoms with Crippen molar-refractivity contribution in [3.63, 3.8) is 0 Å². The summed E-state index contributed by atoms with van der Waals surface area (Å²) in [5.74, 6) is 1.54. The fourth-order valence-electron chi connectivity index (χ4n) is 3.41. The zero-order valence-electron chi connectivity index (χ0n) is 13.8. The lowest BCUT2D eigenvalue weighted by Crippen LogP contribution is -2.59. The SMILES string of the molecule is CCN(Cc1nc(COC)no1)C(=O)N[C@H]1CN2CCC1CC2. The van der Waals surface area contributed by atoms with Crippen LogP contribution in [0.3, 0.4) is 0 Å². The van der Waals surface area contributed by atoms with Crippen LogP contribution in [-0.2, 0) is 17.9 Å². The van der Waals surface area contributed by atoms with Crippen molar-refractivity contribution in [3.8, 4) is 0 Å². The average Bonchev–Trinajstić information content (AvgIpc) is 3.01. The Hall–Kier alpha value is -1.67. The summed E-state index contributed by atoms with van der Waals surface area (Å²) in [6.07, 6.45) is 2.36. The van der Waals surface area contributed by atoms with E-state index in [9.17, 15) is 4.79 Å². The molecule has 1 aromatic rings. The summed E-state index contributed by atoms with van der Waals surface area (Å²) < 4.78 is 10.1. The van der Waals surface area contributed by atoms with Crippen molar-refractivity contribution in [1.82, 2.24) is 25.3 Å². The number of hydrogen-bond acceptors (Lipinski definition) is 6. The molecule has 8 nitrogen and oxygen atoms in total. The largest absolute Gasteiger partial charge is 0.377 e. The Labute approximate surface area is 136 Å². The Morgan fingerprint density at radius 1 is 1.48 bits per heavy atom. The zero-order valence-corrected chi connectivity index (χ0v) is 13.8. The fraction of sp³-hybridized carbons (Fsp3) is 0.800. The number of aromatic nitrogens is 2. The van der Waals surface area contributed by atoms with Crippen LogP contribution >= 0.6 is 0 Å². The predicted octanol–water partition coefficient (Wildman–Crippen LogP) is 0.842. The molecule has 0 spiro atoms. The number of piperidine rings is 3. The second-order valence-corrected chi connectivity index (χ2v) is 6.25. The maximum Gasteiger partial charge on any atom is 0.318 e. The molecule has 3 aliphatic rings. The van der Waals surface area contributed by atoms with E-state index in [2.05, 4.69) is 20.4 Å². The molecule has 3 aliphatic heterocycles. The summed E-state index contributed by atoms with van der Waals surface area (Å²) in [5.41, 5.74) is 0. The molecule has 4 rings (SSSR count). The minimum Gasteiger partial charge on any atom is -0.377 e. The molecule has 1 N–H and O–H groups in total. The van der Waals surface area contributed by atoms with Crippen molar-refractivity contribution in [2.75, 3.05) is 33.3 Å². The van der Waals surface area contributed by atoms with E-state index >= 15 is 0 Å². The molecular weight excluding hydrogens is 298 g/mol. The Balaban J connectivity index is 1.55. The van der Waals surface area contributed by atoms with Gasteiger partial charge in [0.15, 0.2) is 5.82 Å². The van der Waals surface area contributed by atoms with Crippen LogP contribution in [0.5, 0.6) is 0 Å². The first-order valence-corrected chi connectivity index (χ1v) is 8.27. The van der Waals surface area contributed by atoms with Crippen LogP contribution in [0.4, 0.5) is 4.79 Å². The molecule has 0 aliphatic carbocycles. The lowest BCUT2D eigenvalue weighted by atomic mass is 9.84. The van der Waals surface area contributed by atoms with Crippen molar-refractivity contribution < 1.29 is 14.1 Å². The third kappa shape index (κ3) is 3.81. The van der Waals surface area contributed by atoms with Crippen molar-refractivity contribution in [2.24, 2.45) is 5.92 Å². The van der Waals surface area contributed by atoms with Crippen LogP contribution in [0.15, 0.2) is 4.52 Å². The third-order valence-electron chi connectivity index (χ3n) is 4.74. The van der Waals surface area contributed by atoms with Crippen molar-refractivity contribution >= 4 is 6.03 Å². The highest BCUT2D eigenvalue weighted by Gasteiger charge is 2.35. The summed E-state index contributed by atoms with van der Waals surface area (Å²) in [4.78, 5) is 20.9. The number of carbonyl (C=O) groups excluding carboxylic acids is 1. The molecule has 1 aromatic heterocycles. The second kappa shape index (κ2) is 7.27. The molecule has 1 atom stereocenters. The Kier molecular flexibility index (Phi) is 5.12. The molecule has 0 aromatic carbocycles. The highest BCUT2D eigenvalue weighted by Crippen LogP contribution is 2.27. The van der Waals surface area contributed by atoms with Crippen LogP contribution in [0.25, 0.3) is 0 Å². The number of hydrogen-bond donors (Lipinski definition) is 1. The van der Waals surface area contributed by atoms with Crippen LogP contribution in [0, 0.1) is 5.92 Å². The topological polar surface area (TPSA) is 83.7 Å². The number of ether oxygens (including phenoxy) is 1. The van der Waals surface area contributed by atoms with E-state index in [0.717, 1.165) is 6.54 Å². The molecular formula is C15H25N5O3. The molecule has 8 heteroatoms. The number of amides is 2. The van der Waals surface area contributed by atoms with Gasteiger partial charge in [0.2, 0.25) is 5.89 Å². The average molecular weight is 323 g/mol. The van der Waals surface area contributed by atoms with Gasteiger partial charge in [-0.2, -0.15) is 4.98 Å². The van der Waals surface area contributed by atoms with Gasteiger partial charge in [-0.1, -0.05) is 5.16 Å². The van der Waals surface area contributed by atoms with Crippen molar-refractivity contribution in [1.29, 1.82) is 0 Å². The number of fused-ring (bicyclic) bond motifs is 3. The normalized spacial score (nSPS) is 26.3. The van der Waals surface area contributed by atoms with E-state index < -0.39 is 0 Å². The van der Waals surface area contributed by atoms with E-state index in [-0.39, 0.29) is 12.1 Å². The summed E-state index contributed by atoms with van der Waals surface area (Å²) in [6, 6.07) is 0.198. The minimum atomic E-state index is -0.0576. The fourth-order valence-corrected chi connectivity index (χ4v) is 3.41. The lowest BCUT2D eigenvalue weighted by Gasteiger charge is -2.45. The van der Waals surface area contributed by atoms with Crippen molar-refractivity contribution in [2.45, 2.75) is 39.0 Å². The van der Waals surface area contributed by atoms with E-state index in [1.54, 1.807) is 12.0 Å². The molecule has 128 valence electrons. The molecule has 0 unspecified atom stereocenters. The highest BCUT2D eigenvalue weighted by molar-refractivity contribution is 5.74. The van der Waals surface area contributed by atoms with Gasteiger partial charge >= 0.3 is 6.03 Å². The number of carbonyl (C=O) groups is 1. The van der Waals surface area contributed by atoms with Crippen LogP contribution < -0.4 is 5.32 Å². The first kappa shape index (κ1) is 16.2. The standard InChI is InChI=1S/C15H25N5O3/c1-3-20(9-14-17-13(10-22-2)18-23-14)15(21)16-12-8-19-6-4-11(12)5-7-19/h11-12H,3-10H2,1-2H3,(H,16,21)/t12-/m0/s1. The minimum absolute atomic E-state index is 0.0576. The predicted molar refractivity (Wildman–Crippen MR) is 82.6 cm³/mol. The molecule has 0 saturated carbocycles. The van der Waals surface area contributed by atoms with Gasteiger partial charge in [-0.25, -0.2) is 4.79 Å². The lowest BCUT2D eigenvalue weighted by molar-refractivity contribution is 0.0725. The number of urea groups is 1. The third-order valence-corrected chi connectivity index (χ3v) is 4.74. The number of methoxy groups -OCH3 is 1. The Bertz CT molecular complexity index is 527. The smallest absolute Gasteiger partial charge is 0.318 e.